The molecule has 3 nitrogen and oxygen atoms in total. The summed E-state index contributed by atoms with van der Waals surface area (Å²) >= 11 is 0. The fourth-order valence-corrected chi connectivity index (χ4v) is 1.18. The third-order valence-corrected chi connectivity index (χ3v) is 2.01. The number of rotatable bonds is 4. The van der Waals surface area contributed by atoms with E-state index in [1.54, 1.807) is 0 Å². The van der Waals surface area contributed by atoms with Crippen molar-refractivity contribution in [3.8, 4) is 5.75 Å². The Balaban J connectivity index is 2.66. The molecule has 0 spiro atoms. The van der Waals surface area contributed by atoms with Gasteiger partial charge in [-0.2, -0.15) is 5.10 Å². The summed E-state index contributed by atoms with van der Waals surface area (Å²) in [6.07, 6.45) is 3.90. The first-order valence-electron chi connectivity index (χ1n) is 4.54. The molecule has 0 atom stereocenters. The van der Waals surface area contributed by atoms with Crippen LogP contribution in [0.25, 0.3) is 0 Å². The molecule has 0 aliphatic heterocycles. The molecule has 3 heteroatoms. The molecule has 0 saturated carbocycles. The van der Waals surface area contributed by atoms with Crippen LogP contribution < -0.4 is 0 Å². The van der Waals surface area contributed by atoms with E-state index < -0.39 is 0 Å². The van der Waals surface area contributed by atoms with E-state index in [-0.39, 0.29) is 0 Å². The van der Waals surface area contributed by atoms with Gasteiger partial charge in [-0.05, 0) is 19.3 Å². The minimum Gasteiger partial charge on any atom is -0.504 e. The van der Waals surface area contributed by atoms with Crippen LogP contribution in [0.1, 0.15) is 38.1 Å². The summed E-state index contributed by atoms with van der Waals surface area (Å²) in [5, 5.41) is 16.4. The van der Waals surface area contributed by atoms with Crippen molar-refractivity contribution in [3.05, 3.63) is 11.4 Å². The zero-order valence-corrected chi connectivity index (χ0v) is 7.72. The second kappa shape index (κ2) is 4.14. The van der Waals surface area contributed by atoms with Crippen LogP contribution in [0.2, 0.25) is 0 Å². The van der Waals surface area contributed by atoms with Crippen molar-refractivity contribution in [1.29, 1.82) is 0 Å². The molecule has 0 fully saturated rings. The Morgan fingerprint density at radius 3 is 2.67 bits per heavy atom. The number of aromatic amines is 1. The zero-order valence-electron chi connectivity index (χ0n) is 7.72. The second-order valence-corrected chi connectivity index (χ2v) is 2.95. The van der Waals surface area contributed by atoms with Gasteiger partial charge in [0.1, 0.15) is 5.69 Å². The van der Waals surface area contributed by atoms with Crippen molar-refractivity contribution in [2.75, 3.05) is 0 Å². The van der Waals surface area contributed by atoms with Gasteiger partial charge in [0.15, 0.2) is 5.75 Å². The third kappa shape index (κ3) is 1.78. The SMILES string of the molecule is CCCCc1n[nH]c(CC)c1O. The Kier molecular flexibility index (Phi) is 3.14. The van der Waals surface area contributed by atoms with Gasteiger partial charge in [-0.25, -0.2) is 0 Å². The van der Waals surface area contributed by atoms with E-state index in [0.29, 0.717) is 5.75 Å². The van der Waals surface area contributed by atoms with Crippen molar-refractivity contribution in [3.63, 3.8) is 0 Å². The first-order valence-corrected chi connectivity index (χ1v) is 4.54. The van der Waals surface area contributed by atoms with Gasteiger partial charge in [-0.15, -0.1) is 0 Å². The van der Waals surface area contributed by atoms with Crippen LogP contribution in [0.4, 0.5) is 0 Å². The maximum Gasteiger partial charge on any atom is 0.159 e. The number of unbranched alkanes of at least 4 members (excludes halogenated alkanes) is 1. The molecule has 12 heavy (non-hydrogen) atoms. The maximum atomic E-state index is 9.56. The number of H-pyrrole nitrogens is 1. The monoisotopic (exact) mass is 168 g/mol. The highest BCUT2D eigenvalue weighted by atomic mass is 16.3. The number of aryl methyl sites for hydroxylation is 2. The highest BCUT2D eigenvalue weighted by molar-refractivity contribution is 5.31. The summed E-state index contributed by atoms with van der Waals surface area (Å²) in [7, 11) is 0. The molecule has 0 aromatic carbocycles. The van der Waals surface area contributed by atoms with E-state index in [2.05, 4.69) is 17.1 Å². The Morgan fingerprint density at radius 1 is 1.42 bits per heavy atom. The van der Waals surface area contributed by atoms with E-state index in [4.69, 9.17) is 0 Å². The van der Waals surface area contributed by atoms with Gasteiger partial charge in [0.25, 0.3) is 0 Å². The van der Waals surface area contributed by atoms with Gasteiger partial charge in [0.2, 0.25) is 0 Å². The molecule has 0 aliphatic carbocycles. The fraction of sp³-hybridized carbons (Fsp3) is 0.667. The zero-order chi connectivity index (χ0) is 8.97. The summed E-state index contributed by atoms with van der Waals surface area (Å²) in [5.41, 5.74) is 1.66. The van der Waals surface area contributed by atoms with Gasteiger partial charge in [-0.3, -0.25) is 5.10 Å². The van der Waals surface area contributed by atoms with Crippen LogP contribution in [-0.2, 0) is 12.8 Å². The molecule has 0 amide bonds. The molecular formula is C9H16N2O. The highest BCUT2D eigenvalue weighted by Crippen LogP contribution is 2.20. The molecule has 0 radical (unpaired) electrons. The normalized spacial score (nSPS) is 10.5. The fourth-order valence-electron chi connectivity index (χ4n) is 1.18. The first-order chi connectivity index (χ1) is 5.79. The van der Waals surface area contributed by atoms with Crippen LogP contribution in [0.15, 0.2) is 0 Å². The van der Waals surface area contributed by atoms with Gasteiger partial charge in [-0.1, -0.05) is 20.3 Å². The molecule has 0 saturated heterocycles. The minimum atomic E-state index is 0.367. The van der Waals surface area contributed by atoms with E-state index in [9.17, 15) is 5.11 Å². The van der Waals surface area contributed by atoms with Crippen LogP contribution >= 0.6 is 0 Å². The summed E-state index contributed by atoms with van der Waals surface area (Å²) in [6, 6.07) is 0. The highest BCUT2D eigenvalue weighted by Gasteiger charge is 2.08. The molecule has 0 bridgehead atoms. The molecule has 0 unspecified atom stereocenters. The predicted molar refractivity (Wildman–Crippen MR) is 48.2 cm³/mol. The molecule has 0 aliphatic rings. The number of hydrogen-bond acceptors (Lipinski definition) is 2. The van der Waals surface area contributed by atoms with Gasteiger partial charge < -0.3 is 5.11 Å². The van der Waals surface area contributed by atoms with E-state index in [0.717, 1.165) is 37.1 Å². The molecule has 2 N–H and O–H groups in total. The predicted octanol–water partition coefficient (Wildman–Crippen LogP) is 2.02. The number of hydrogen-bond donors (Lipinski definition) is 2. The largest absolute Gasteiger partial charge is 0.504 e. The van der Waals surface area contributed by atoms with Crippen LogP contribution in [0, 0.1) is 0 Å². The van der Waals surface area contributed by atoms with Gasteiger partial charge in [0.05, 0.1) is 5.69 Å². The number of aromatic hydroxyl groups is 1. The Hall–Kier alpha value is -0.990. The summed E-state index contributed by atoms with van der Waals surface area (Å²) in [6.45, 7) is 4.13. The third-order valence-electron chi connectivity index (χ3n) is 2.01. The lowest BCUT2D eigenvalue weighted by molar-refractivity contribution is 0.461. The lowest BCUT2D eigenvalue weighted by atomic mass is 10.2. The number of aromatic nitrogens is 2. The van der Waals surface area contributed by atoms with Crippen LogP contribution in [0.3, 0.4) is 0 Å². The Labute approximate surface area is 72.8 Å². The quantitative estimate of drug-likeness (QED) is 0.722. The van der Waals surface area contributed by atoms with Gasteiger partial charge in [0, 0.05) is 0 Å². The molecule has 68 valence electrons. The molecule has 1 heterocycles. The first kappa shape index (κ1) is 9.10. The second-order valence-electron chi connectivity index (χ2n) is 2.95. The van der Waals surface area contributed by atoms with Crippen molar-refractivity contribution < 1.29 is 5.11 Å². The summed E-state index contributed by atoms with van der Waals surface area (Å²) in [5.74, 6) is 0.367. The average molecular weight is 168 g/mol. The van der Waals surface area contributed by atoms with Gasteiger partial charge >= 0.3 is 0 Å². The Morgan fingerprint density at radius 2 is 2.17 bits per heavy atom. The summed E-state index contributed by atoms with van der Waals surface area (Å²) in [4.78, 5) is 0. The lowest BCUT2D eigenvalue weighted by Gasteiger charge is -1.95. The molecule has 1 rings (SSSR count). The van der Waals surface area contributed by atoms with Crippen molar-refractivity contribution in [1.82, 2.24) is 10.2 Å². The van der Waals surface area contributed by atoms with Crippen molar-refractivity contribution in [2.24, 2.45) is 0 Å². The minimum absolute atomic E-state index is 0.367. The van der Waals surface area contributed by atoms with E-state index in [1.165, 1.54) is 0 Å². The van der Waals surface area contributed by atoms with Crippen LogP contribution in [-0.4, -0.2) is 15.3 Å². The topological polar surface area (TPSA) is 48.9 Å². The van der Waals surface area contributed by atoms with Crippen molar-refractivity contribution >= 4 is 0 Å². The smallest absolute Gasteiger partial charge is 0.159 e. The number of nitrogens with one attached hydrogen (secondary N) is 1. The number of nitrogens with zero attached hydrogens (tertiary/aromatic N) is 1. The van der Waals surface area contributed by atoms with E-state index in [1.807, 2.05) is 6.92 Å². The summed E-state index contributed by atoms with van der Waals surface area (Å²) < 4.78 is 0. The molecule has 1 aromatic heterocycles. The average Bonchev–Trinajstić information content (AvgIpc) is 2.43. The Bertz CT molecular complexity index is 243. The molecule has 1 aromatic rings. The van der Waals surface area contributed by atoms with Crippen LogP contribution in [0.5, 0.6) is 5.75 Å². The lowest BCUT2D eigenvalue weighted by Crippen LogP contribution is -1.84. The van der Waals surface area contributed by atoms with Crippen molar-refractivity contribution in [2.45, 2.75) is 39.5 Å². The maximum absolute atomic E-state index is 9.56. The molecular weight excluding hydrogens is 152 g/mol. The standard InChI is InChI=1S/C9H16N2O/c1-3-5-6-8-9(12)7(4-2)10-11-8/h12H,3-6H2,1-2H3,(H,10,11). The van der Waals surface area contributed by atoms with E-state index >= 15 is 0 Å².